The molecule has 1 heterocycles. The van der Waals surface area contributed by atoms with E-state index in [1.165, 1.54) is 10.4 Å². The minimum Gasteiger partial charge on any atom is -0.417 e. The van der Waals surface area contributed by atoms with Crippen LogP contribution in [0.25, 0.3) is 0 Å². The maximum Gasteiger partial charge on any atom is 0.490 e. The molecule has 0 saturated carbocycles. The van der Waals surface area contributed by atoms with Gasteiger partial charge in [-0.2, -0.15) is 0 Å². The highest BCUT2D eigenvalue weighted by molar-refractivity contribution is 7.02. The first kappa shape index (κ1) is 38.2. The van der Waals surface area contributed by atoms with Crippen LogP contribution < -0.4 is 10.4 Å². The van der Waals surface area contributed by atoms with Gasteiger partial charge in [-0.25, -0.2) is 0 Å². The van der Waals surface area contributed by atoms with Crippen LogP contribution in [0.1, 0.15) is 69.2 Å². The molecule has 2 aromatic carbocycles. The summed E-state index contributed by atoms with van der Waals surface area (Å²) < 4.78 is 27.8. The lowest BCUT2D eigenvalue weighted by molar-refractivity contribution is 0.00578. The van der Waals surface area contributed by atoms with Crippen molar-refractivity contribution in [1.82, 2.24) is 0 Å². The molecule has 3 rings (SSSR count). The van der Waals surface area contributed by atoms with E-state index in [9.17, 15) is 0 Å². The van der Waals surface area contributed by atoms with E-state index in [0.29, 0.717) is 13.2 Å². The van der Waals surface area contributed by atoms with Crippen LogP contribution in [-0.2, 0) is 18.2 Å². The van der Waals surface area contributed by atoms with Gasteiger partial charge in [0, 0.05) is 19.1 Å². The van der Waals surface area contributed by atoms with E-state index >= 15 is 0 Å². The van der Waals surface area contributed by atoms with Crippen molar-refractivity contribution in [3.8, 4) is 0 Å². The molecule has 250 valence electrons. The zero-order chi connectivity index (χ0) is 34.3. The van der Waals surface area contributed by atoms with Gasteiger partial charge in [-0.1, -0.05) is 119 Å². The van der Waals surface area contributed by atoms with Crippen LogP contribution in [0.2, 0.25) is 48.4 Å². The van der Waals surface area contributed by atoms with Crippen molar-refractivity contribution in [2.75, 3.05) is 13.2 Å². The molecule has 0 aliphatic carbocycles. The van der Waals surface area contributed by atoms with E-state index < -0.39 is 43.0 Å². The second-order valence-electron chi connectivity index (χ2n) is 17.5. The van der Waals surface area contributed by atoms with Crippen LogP contribution in [0.3, 0.4) is 0 Å². The van der Waals surface area contributed by atoms with E-state index in [0.717, 1.165) is 5.47 Å². The molecule has 0 amide bonds. The van der Waals surface area contributed by atoms with Gasteiger partial charge in [0.05, 0.1) is 11.2 Å². The van der Waals surface area contributed by atoms with Gasteiger partial charge in [0.15, 0.2) is 16.6 Å². The first-order chi connectivity index (χ1) is 20.4. The highest BCUT2D eigenvalue weighted by atomic mass is 28.4. The van der Waals surface area contributed by atoms with Gasteiger partial charge in [-0.15, -0.1) is 6.58 Å². The van der Waals surface area contributed by atoms with E-state index in [1.54, 1.807) is 0 Å². The third kappa shape index (κ3) is 8.07. The molecule has 0 bridgehead atoms. The Bertz CT molecular complexity index is 1220. The van der Waals surface area contributed by atoms with Gasteiger partial charge in [-0.3, -0.25) is 0 Å². The molecule has 0 unspecified atom stereocenters. The third-order valence-electron chi connectivity index (χ3n) is 11.9. The molecule has 0 N–H and O–H groups in total. The van der Waals surface area contributed by atoms with Crippen molar-refractivity contribution in [3.63, 3.8) is 0 Å². The fourth-order valence-corrected chi connectivity index (χ4v) is 12.2. The largest absolute Gasteiger partial charge is 0.490 e. The summed E-state index contributed by atoms with van der Waals surface area (Å²) in [7, 11) is -7.24. The van der Waals surface area contributed by atoms with Crippen molar-refractivity contribution < 1.29 is 18.2 Å². The lowest BCUT2D eigenvalue weighted by Gasteiger charge is -2.46. The van der Waals surface area contributed by atoms with Gasteiger partial charge < -0.3 is 18.2 Å². The second-order valence-corrected chi connectivity index (χ2v) is 31.4. The van der Waals surface area contributed by atoms with Crippen molar-refractivity contribution in [2.45, 2.75) is 129 Å². The molecule has 2 aromatic rings. The van der Waals surface area contributed by atoms with Crippen LogP contribution in [0.5, 0.6) is 0 Å². The average Bonchev–Trinajstić information content (AvgIpc) is 3.15. The second kappa shape index (κ2) is 13.3. The Labute approximate surface area is 280 Å². The molecule has 0 spiro atoms. The summed E-state index contributed by atoms with van der Waals surface area (Å²) >= 11 is 0. The predicted octanol–water partition coefficient (Wildman–Crippen LogP) is 9.10. The molecule has 8 heteroatoms. The van der Waals surface area contributed by atoms with Gasteiger partial charge in [0.2, 0.25) is 0 Å². The van der Waals surface area contributed by atoms with Gasteiger partial charge in [0.1, 0.15) is 8.07 Å². The first-order valence-electron chi connectivity index (χ1n) is 16.8. The quantitative estimate of drug-likeness (QED) is 0.212. The molecule has 0 aromatic heterocycles. The van der Waals surface area contributed by atoms with Crippen LogP contribution in [0.4, 0.5) is 0 Å². The van der Waals surface area contributed by atoms with E-state index in [2.05, 4.69) is 163 Å². The Morgan fingerprint density at radius 1 is 0.689 bits per heavy atom. The highest BCUT2D eigenvalue weighted by Crippen LogP contribution is 2.46. The molecule has 2 atom stereocenters. The van der Waals surface area contributed by atoms with Crippen molar-refractivity contribution in [2.24, 2.45) is 5.92 Å². The Balaban J connectivity index is 2.27. The first-order valence-corrected chi connectivity index (χ1v) is 25.2. The topological polar surface area (TPSA) is 36.9 Å². The van der Waals surface area contributed by atoms with Crippen LogP contribution in [-0.4, -0.2) is 56.2 Å². The standard InChI is InChI=1S/C37H63BO4Si3/c1-29(38-41-36(8,9)37(10,11)42-38)32(27-39-43(12,13)34(2,3)4)33(28-40-44(14,15)35(5,6)7)45(16,30-23-19-17-20-24-30)31-25-21-18-22-26-31/h17-26,32-33H,1,27-28H2,2-16H3/t32-,33-/m0/s1. The van der Waals surface area contributed by atoms with Gasteiger partial charge in [-0.05, 0) is 75.0 Å². The Kier molecular flexibility index (Phi) is 11.3. The minimum absolute atomic E-state index is 0.0457. The summed E-state index contributed by atoms with van der Waals surface area (Å²) in [6, 6.07) is 22.2. The Morgan fingerprint density at radius 2 is 1.04 bits per heavy atom. The van der Waals surface area contributed by atoms with Gasteiger partial charge in [0.25, 0.3) is 0 Å². The average molecular weight is 667 g/mol. The molecule has 4 nitrogen and oxygen atoms in total. The summed E-state index contributed by atoms with van der Waals surface area (Å²) in [5.74, 6) is -0.0457. The monoisotopic (exact) mass is 666 g/mol. The lowest BCUT2D eigenvalue weighted by Crippen LogP contribution is -2.63. The zero-order valence-corrected chi connectivity index (χ0v) is 34.3. The smallest absolute Gasteiger partial charge is 0.417 e. The summed E-state index contributed by atoms with van der Waals surface area (Å²) in [6.07, 6.45) is 0. The minimum atomic E-state index is -2.52. The Morgan fingerprint density at radius 3 is 1.40 bits per heavy atom. The molecular formula is C37H63BO4Si3. The maximum atomic E-state index is 7.23. The third-order valence-corrected chi connectivity index (χ3v) is 26.0. The number of rotatable bonds is 12. The number of hydrogen-bond acceptors (Lipinski definition) is 4. The van der Waals surface area contributed by atoms with Crippen molar-refractivity contribution in [1.29, 1.82) is 0 Å². The highest BCUT2D eigenvalue weighted by Gasteiger charge is 2.56. The molecule has 1 aliphatic rings. The maximum absolute atomic E-state index is 7.23. The van der Waals surface area contributed by atoms with Crippen LogP contribution >= 0.6 is 0 Å². The lowest BCUT2D eigenvalue weighted by atomic mass is 9.71. The molecular weight excluding hydrogens is 603 g/mol. The summed E-state index contributed by atoms with van der Waals surface area (Å²) in [6.45, 7) is 40.3. The normalized spacial score (nSPS) is 19.0. The van der Waals surface area contributed by atoms with E-state index in [4.69, 9.17) is 24.7 Å². The number of benzene rings is 2. The molecule has 1 aliphatic heterocycles. The fraction of sp³-hybridized carbons (Fsp3) is 0.622. The molecule has 45 heavy (non-hydrogen) atoms. The summed E-state index contributed by atoms with van der Waals surface area (Å²) in [5.41, 5.74) is 0.158. The van der Waals surface area contributed by atoms with Crippen molar-refractivity contribution in [3.05, 3.63) is 72.7 Å². The van der Waals surface area contributed by atoms with E-state index in [-0.39, 0.29) is 21.5 Å². The molecule has 1 saturated heterocycles. The SMILES string of the molecule is C=C(B1OC(C)(C)C(C)(C)O1)[C@H](CO[Si](C)(C)C(C)(C)C)[C@H](CO[Si](C)(C)C(C)(C)C)[Si](C)(c1ccccc1)c1ccccc1. The summed E-state index contributed by atoms with van der Waals surface area (Å²) in [5, 5.41) is 2.94. The summed E-state index contributed by atoms with van der Waals surface area (Å²) in [4.78, 5) is 0. The van der Waals surface area contributed by atoms with Gasteiger partial charge >= 0.3 is 7.12 Å². The van der Waals surface area contributed by atoms with E-state index in [1.807, 2.05) is 0 Å². The predicted molar refractivity (Wildman–Crippen MR) is 203 cm³/mol. The van der Waals surface area contributed by atoms with Crippen molar-refractivity contribution >= 4 is 42.2 Å². The fourth-order valence-electron chi connectivity index (χ4n) is 5.53. The zero-order valence-electron chi connectivity index (χ0n) is 31.3. The number of hydrogen-bond donors (Lipinski definition) is 0. The Hall–Kier alpha value is -1.26. The molecule has 0 radical (unpaired) electrons. The van der Waals surface area contributed by atoms with Crippen LogP contribution in [0, 0.1) is 5.92 Å². The molecule has 1 fully saturated rings. The van der Waals surface area contributed by atoms with Crippen LogP contribution in [0.15, 0.2) is 72.7 Å².